The minimum atomic E-state index is 0.0161. The fourth-order valence-electron chi connectivity index (χ4n) is 2.81. The number of carbonyl (C=O) groups excluding carboxylic acids is 1. The van der Waals surface area contributed by atoms with Gasteiger partial charge in [-0.3, -0.25) is 4.79 Å². The molecule has 24 heavy (non-hydrogen) atoms. The van der Waals surface area contributed by atoms with Gasteiger partial charge in [0, 0.05) is 36.2 Å². The SMILES string of the molecule is Cc1ccc(Cl)cc1Nc1ncc(C(=O)N2CCCCCC2)cn1. The Hall–Kier alpha value is -2.14. The van der Waals surface area contributed by atoms with Crippen molar-refractivity contribution < 1.29 is 4.79 Å². The lowest BCUT2D eigenvalue weighted by Crippen LogP contribution is -2.32. The second-order valence-electron chi connectivity index (χ2n) is 6.09. The number of nitrogens with zero attached hydrogens (tertiary/aromatic N) is 3. The van der Waals surface area contributed by atoms with Crippen LogP contribution >= 0.6 is 11.6 Å². The normalized spacial score (nSPS) is 15.0. The van der Waals surface area contributed by atoms with E-state index in [0.29, 0.717) is 16.5 Å². The van der Waals surface area contributed by atoms with Gasteiger partial charge in [0.2, 0.25) is 5.95 Å². The van der Waals surface area contributed by atoms with Crippen LogP contribution in [-0.4, -0.2) is 33.9 Å². The molecule has 126 valence electrons. The zero-order valence-corrected chi connectivity index (χ0v) is 14.5. The highest BCUT2D eigenvalue weighted by molar-refractivity contribution is 6.30. The number of halogens is 1. The number of aromatic nitrogens is 2. The highest BCUT2D eigenvalue weighted by atomic mass is 35.5. The van der Waals surface area contributed by atoms with Gasteiger partial charge in [0.1, 0.15) is 0 Å². The van der Waals surface area contributed by atoms with Crippen LogP contribution in [0, 0.1) is 6.92 Å². The number of nitrogens with one attached hydrogen (secondary N) is 1. The summed E-state index contributed by atoms with van der Waals surface area (Å²) in [6, 6.07) is 5.60. The van der Waals surface area contributed by atoms with Crippen molar-refractivity contribution in [1.29, 1.82) is 0 Å². The standard InChI is InChI=1S/C18H21ClN4O/c1-13-6-7-15(19)10-16(13)22-18-20-11-14(12-21-18)17(24)23-8-4-2-3-5-9-23/h6-7,10-12H,2-5,8-9H2,1H3,(H,20,21,22). The monoisotopic (exact) mass is 344 g/mol. The van der Waals surface area contributed by atoms with E-state index in [2.05, 4.69) is 15.3 Å². The summed E-state index contributed by atoms with van der Waals surface area (Å²) in [5, 5.41) is 3.79. The maximum absolute atomic E-state index is 12.5. The summed E-state index contributed by atoms with van der Waals surface area (Å²) in [5.74, 6) is 0.468. The molecule has 0 saturated carbocycles. The zero-order chi connectivity index (χ0) is 16.9. The van der Waals surface area contributed by atoms with Crippen molar-refractivity contribution >= 4 is 29.1 Å². The maximum atomic E-state index is 12.5. The zero-order valence-electron chi connectivity index (χ0n) is 13.8. The summed E-state index contributed by atoms with van der Waals surface area (Å²) >= 11 is 6.02. The summed E-state index contributed by atoms with van der Waals surface area (Å²) in [4.78, 5) is 23.0. The average Bonchev–Trinajstić information content (AvgIpc) is 2.87. The first-order valence-corrected chi connectivity index (χ1v) is 8.66. The lowest BCUT2D eigenvalue weighted by Gasteiger charge is -2.20. The number of benzene rings is 1. The Kier molecular flexibility index (Phi) is 5.30. The van der Waals surface area contributed by atoms with E-state index in [4.69, 9.17) is 11.6 Å². The number of carbonyl (C=O) groups is 1. The molecular weight excluding hydrogens is 324 g/mol. The van der Waals surface area contributed by atoms with Gasteiger partial charge in [0.15, 0.2) is 0 Å². The third-order valence-corrected chi connectivity index (χ3v) is 4.47. The number of amides is 1. The number of hydrogen-bond acceptors (Lipinski definition) is 4. The van der Waals surface area contributed by atoms with Crippen molar-refractivity contribution in [3.05, 3.63) is 46.7 Å². The van der Waals surface area contributed by atoms with Crippen LogP contribution in [0.2, 0.25) is 5.02 Å². The van der Waals surface area contributed by atoms with Gasteiger partial charge in [-0.1, -0.05) is 30.5 Å². The van der Waals surface area contributed by atoms with Crippen molar-refractivity contribution in [2.24, 2.45) is 0 Å². The van der Waals surface area contributed by atoms with Gasteiger partial charge in [0.05, 0.1) is 5.56 Å². The molecule has 1 aliphatic rings. The molecule has 1 aromatic heterocycles. The van der Waals surface area contributed by atoms with E-state index < -0.39 is 0 Å². The van der Waals surface area contributed by atoms with Crippen LogP contribution in [0.1, 0.15) is 41.6 Å². The van der Waals surface area contributed by atoms with E-state index in [1.165, 1.54) is 12.8 Å². The average molecular weight is 345 g/mol. The van der Waals surface area contributed by atoms with Crippen LogP contribution in [-0.2, 0) is 0 Å². The molecule has 0 aliphatic carbocycles. The van der Waals surface area contributed by atoms with Crippen molar-refractivity contribution in [3.8, 4) is 0 Å². The second-order valence-corrected chi connectivity index (χ2v) is 6.52. The highest BCUT2D eigenvalue weighted by Gasteiger charge is 2.18. The first kappa shape index (κ1) is 16.7. The molecule has 0 unspecified atom stereocenters. The van der Waals surface area contributed by atoms with E-state index in [1.807, 2.05) is 30.0 Å². The quantitative estimate of drug-likeness (QED) is 0.906. The number of aryl methyl sites for hydroxylation is 1. The van der Waals surface area contributed by atoms with E-state index in [-0.39, 0.29) is 5.91 Å². The van der Waals surface area contributed by atoms with E-state index in [1.54, 1.807) is 12.4 Å². The molecule has 0 radical (unpaired) electrons. The largest absolute Gasteiger partial charge is 0.339 e. The second kappa shape index (κ2) is 7.62. The first-order chi connectivity index (χ1) is 11.6. The van der Waals surface area contributed by atoms with Gasteiger partial charge in [0.25, 0.3) is 5.91 Å². The number of hydrogen-bond donors (Lipinski definition) is 1. The van der Waals surface area contributed by atoms with Gasteiger partial charge in [-0.15, -0.1) is 0 Å². The van der Waals surface area contributed by atoms with E-state index in [9.17, 15) is 4.79 Å². The van der Waals surface area contributed by atoms with Gasteiger partial charge in [-0.25, -0.2) is 9.97 Å². The molecule has 0 bridgehead atoms. The Morgan fingerprint density at radius 3 is 2.46 bits per heavy atom. The molecule has 1 N–H and O–H groups in total. The fourth-order valence-corrected chi connectivity index (χ4v) is 2.98. The van der Waals surface area contributed by atoms with Crippen LogP contribution in [0.25, 0.3) is 0 Å². The molecule has 3 rings (SSSR count). The molecule has 1 saturated heterocycles. The predicted octanol–water partition coefficient (Wildman–Crippen LogP) is 4.20. The summed E-state index contributed by atoms with van der Waals surface area (Å²) in [7, 11) is 0. The summed E-state index contributed by atoms with van der Waals surface area (Å²) in [6.45, 7) is 3.62. The van der Waals surface area contributed by atoms with E-state index in [0.717, 1.165) is 37.2 Å². The number of rotatable bonds is 3. The summed E-state index contributed by atoms with van der Waals surface area (Å²) in [5.41, 5.74) is 2.44. The molecule has 1 amide bonds. The molecule has 1 aromatic carbocycles. The highest BCUT2D eigenvalue weighted by Crippen LogP contribution is 2.22. The van der Waals surface area contributed by atoms with Crippen LogP contribution in [0.15, 0.2) is 30.6 Å². The van der Waals surface area contributed by atoms with Crippen molar-refractivity contribution in [3.63, 3.8) is 0 Å². The predicted molar refractivity (Wildman–Crippen MR) is 95.9 cm³/mol. The molecule has 2 aromatic rings. The van der Waals surface area contributed by atoms with Crippen LogP contribution < -0.4 is 5.32 Å². The first-order valence-electron chi connectivity index (χ1n) is 8.28. The lowest BCUT2D eigenvalue weighted by atomic mass is 10.2. The third kappa shape index (κ3) is 4.03. The Bertz CT molecular complexity index is 709. The molecule has 2 heterocycles. The van der Waals surface area contributed by atoms with Gasteiger partial charge in [-0.2, -0.15) is 0 Å². The molecule has 5 nitrogen and oxygen atoms in total. The van der Waals surface area contributed by atoms with Crippen molar-refractivity contribution in [2.75, 3.05) is 18.4 Å². The van der Waals surface area contributed by atoms with Gasteiger partial charge in [-0.05, 0) is 37.5 Å². The fraction of sp³-hybridized carbons (Fsp3) is 0.389. The minimum Gasteiger partial charge on any atom is -0.339 e. The van der Waals surface area contributed by atoms with Crippen LogP contribution in [0.4, 0.5) is 11.6 Å². The van der Waals surface area contributed by atoms with Crippen molar-refractivity contribution in [2.45, 2.75) is 32.6 Å². The Morgan fingerprint density at radius 1 is 1.12 bits per heavy atom. The Morgan fingerprint density at radius 2 is 1.79 bits per heavy atom. The Labute approximate surface area is 147 Å². The van der Waals surface area contributed by atoms with Crippen molar-refractivity contribution in [1.82, 2.24) is 14.9 Å². The van der Waals surface area contributed by atoms with E-state index >= 15 is 0 Å². The van der Waals surface area contributed by atoms with Gasteiger partial charge < -0.3 is 10.2 Å². The van der Waals surface area contributed by atoms with Crippen LogP contribution in [0.3, 0.4) is 0 Å². The van der Waals surface area contributed by atoms with Crippen LogP contribution in [0.5, 0.6) is 0 Å². The lowest BCUT2D eigenvalue weighted by molar-refractivity contribution is 0.0761. The molecule has 0 atom stereocenters. The molecule has 1 aliphatic heterocycles. The third-order valence-electron chi connectivity index (χ3n) is 4.24. The summed E-state index contributed by atoms with van der Waals surface area (Å²) in [6.07, 6.45) is 7.70. The maximum Gasteiger partial charge on any atom is 0.256 e. The minimum absolute atomic E-state index is 0.0161. The topological polar surface area (TPSA) is 58.1 Å². The Balaban J connectivity index is 1.70. The smallest absolute Gasteiger partial charge is 0.256 e. The van der Waals surface area contributed by atoms with Gasteiger partial charge >= 0.3 is 0 Å². The molecular formula is C18H21ClN4O. The molecule has 1 fully saturated rings. The summed E-state index contributed by atoms with van der Waals surface area (Å²) < 4.78 is 0. The molecule has 0 spiro atoms. The molecule has 6 heteroatoms. The number of likely N-dealkylation sites (tertiary alicyclic amines) is 1. The number of anilines is 2.